The molecule has 0 saturated carbocycles. The summed E-state index contributed by atoms with van der Waals surface area (Å²) in [4.78, 5) is 0. The Morgan fingerprint density at radius 1 is 0.783 bits per heavy atom. The van der Waals surface area contributed by atoms with E-state index in [1.807, 2.05) is 0 Å². The summed E-state index contributed by atoms with van der Waals surface area (Å²) in [5.41, 5.74) is 0. The first-order valence-electron chi connectivity index (χ1n) is 5.67. The standard InChI is InChI=1S/C9H10F10O3S/c1-2-3-4-5(10,11)6(12,13)7(14,15)8(16,17)9(18,19)23(20,21)22/h2-4H2,1H3,(H,20,21,22). The van der Waals surface area contributed by atoms with Gasteiger partial charge in [0.25, 0.3) is 0 Å². The molecule has 0 saturated heterocycles. The van der Waals surface area contributed by atoms with Crippen LogP contribution in [0.4, 0.5) is 43.9 Å². The Balaban J connectivity index is 6.14. The molecular formula is C9H10F10O3S. The fourth-order valence-corrected chi connectivity index (χ4v) is 1.78. The lowest BCUT2D eigenvalue weighted by Crippen LogP contribution is -2.68. The van der Waals surface area contributed by atoms with Crippen LogP contribution < -0.4 is 0 Å². The van der Waals surface area contributed by atoms with Gasteiger partial charge in [-0.3, -0.25) is 4.55 Å². The highest BCUT2D eigenvalue weighted by Crippen LogP contribution is 2.58. The molecule has 0 aromatic carbocycles. The van der Waals surface area contributed by atoms with Crippen LogP contribution in [0.15, 0.2) is 0 Å². The quantitative estimate of drug-likeness (QED) is 0.501. The lowest BCUT2D eigenvalue weighted by atomic mass is 9.95. The zero-order valence-electron chi connectivity index (χ0n) is 11.1. The number of alkyl halides is 10. The van der Waals surface area contributed by atoms with Crippen LogP contribution >= 0.6 is 0 Å². The Labute approximate surface area is 123 Å². The molecule has 0 aromatic heterocycles. The molecule has 0 amide bonds. The largest absolute Gasteiger partial charge is 0.438 e. The topological polar surface area (TPSA) is 54.4 Å². The highest BCUT2D eigenvalue weighted by molar-refractivity contribution is 7.87. The molecule has 0 spiro atoms. The molecule has 0 heterocycles. The molecule has 0 rings (SSSR count). The third-order valence-electron chi connectivity index (χ3n) is 2.78. The summed E-state index contributed by atoms with van der Waals surface area (Å²) >= 11 is 0. The summed E-state index contributed by atoms with van der Waals surface area (Å²) in [5, 5.41) is -7.13. The van der Waals surface area contributed by atoms with Crippen molar-refractivity contribution in [3.8, 4) is 0 Å². The minimum Gasteiger partial charge on any atom is -0.281 e. The lowest BCUT2D eigenvalue weighted by molar-refractivity contribution is -0.390. The summed E-state index contributed by atoms with van der Waals surface area (Å²) in [6.07, 6.45) is -3.12. The number of hydrogen-bond acceptors (Lipinski definition) is 2. The molecule has 3 nitrogen and oxygen atoms in total. The van der Waals surface area contributed by atoms with Gasteiger partial charge < -0.3 is 0 Å². The van der Waals surface area contributed by atoms with Crippen molar-refractivity contribution in [2.75, 3.05) is 0 Å². The monoisotopic (exact) mass is 388 g/mol. The second kappa shape index (κ2) is 5.93. The molecule has 0 fully saturated rings. The van der Waals surface area contributed by atoms with Crippen molar-refractivity contribution in [2.45, 2.75) is 55.1 Å². The van der Waals surface area contributed by atoms with Crippen LogP contribution in [-0.4, -0.2) is 41.9 Å². The minimum absolute atomic E-state index is 0.241. The van der Waals surface area contributed by atoms with Crippen molar-refractivity contribution < 1.29 is 56.9 Å². The van der Waals surface area contributed by atoms with Gasteiger partial charge in [0.2, 0.25) is 0 Å². The first-order chi connectivity index (χ1) is 9.81. The predicted molar refractivity (Wildman–Crippen MR) is 55.8 cm³/mol. The SMILES string of the molecule is CCCCC(F)(F)C(F)(F)C(F)(F)C(F)(F)C(F)(F)S(=O)(=O)O. The third-order valence-corrected chi connectivity index (χ3v) is 3.69. The van der Waals surface area contributed by atoms with E-state index in [1.165, 1.54) is 0 Å². The third kappa shape index (κ3) is 3.23. The van der Waals surface area contributed by atoms with Gasteiger partial charge in [0.1, 0.15) is 0 Å². The van der Waals surface area contributed by atoms with E-state index in [9.17, 15) is 52.3 Å². The molecule has 0 unspecified atom stereocenters. The summed E-state index contributed by atoms with van der Waals surface area (Å²) < 4.78 is 158. The summed E-state index contributed by atoms with van der Waals surface area (Å²) in [5.74, 6) is -27.9. The average Bonchev–Trinajstić information content (AvgIpc) is 2.34. The van der Waals surface area contributed by atoms with E-state index in [4.69, 9.17) is 4.55 Å². The molecule has 23 heavy (non-hydrogen) atoms. The van der Waals surface area contributed by atoms with E-state index >= 15 is 0 Å². The Kier molecular flexibility index (Phi) is 5.73. The zero-order valence-corrected chi connectivity index (χ0v) is 11.9. The van der Waals surface area contributed by atoms with Gasteiger partial charge >= 0.3 is 39.1 Å². The van der Waals surface area contributed by atoms with Crippen LogP contribution in [-0.2, 0) is 10.1 Å². The van der Waals surface area contributed by atoms with Gasteiger partial charge in [-0.2, -0.15) is 52.3 Å². The normalized spacial score (nSPS) is 15.8. The molecule has 0 aromatic rings. The van der Waals surface area contributed by atoms with Crippen LogP contribution in [0.3, 0.4) is 0 Å². The Hall–Kier alpha value is -0.790. The van der Waals surface area contributed by atoms with Gasteiger partial charge in [-0.05, 0) is 6.42 Å². The van der Waals surface area contributed by atoms with E-state index < -0.39 is 51.9 Å². The van der Waals surface area contributed by atoms with Crippen LogP contribution in [0.25, 0.3) is 0 Å². The number of unbranched alkanes of at least 4 members (excludes halogenated alkanes) is 1. The average molecular weight is 388 g/mol. The van der Waals surface area contributed by atoms with Gasteiger partial charge in [-0.1, -0.05) is 13.3 Å². The fraction of sp³-hybridized carbons (Fsp3) is 1.00. The predicted octanol–water partition coefficient (Wildman–Crippen LogP) is 4.20. The molecule has 1 N–H and O–H groups in total. The van der Waals surface area contributed by atoms with Gasteiger partial charge in [0.05, 0.1) is 0 Å². The minimum atomic E-state index is -7.52. The number of halogens is 10. The van der Waals surface area contributed by atoms with E-state index in [1.54, 1.807) is 0 Å². The molecule has 0 radical (unpaired) electrons. The molecule has 14 heteroatoms. The number of rotatable bonds is 8. The summed E-state index contributed by atoms with van der Waals surface area (Å²) in [6, 6.07) is 0. The van der Waals surface area contributed by atoms with Crippen molar-refractivity contribution >= 4 is 10.1 Å². The Morgan fingerprint density at radius 3 is 1.48 bits per heavy atom. The second-order valence-electron chi connectivity index (χ2n) is 4.52. The maximum atomic E-state index is 13.1. The van der Waals surface area contributed by atoms with Crippen molar-refractivity contribution in [3.63, 3.8) is 0 Å². The smallest absolute Gasteiger partial charge is 0.281 e. The van der Waals surface area contributed by atoms with Gasteiger partial charge in [0.15, 0.2) is 0 Å². The van der Waals surface area contributed by atoms with Crippen molar-refractivity contribution in [3.05, 3.63) is 0 Å². The Bertz CT molecular complexity index is 528. The maximum Gasteiger partial charge on any atom is 0.438 e. The first kappa shape index (κ1) is 22.2. The van der Waals surface area contributed by atoms with Crippen LogP contribution in [0.2, 0.25) is 0 Å². The molecule has 0 atom stereocenters. The van der Waals surface area contributed by atoms with E-state index in [-0.39, 0.29) is 6.42 Å². The van der Waals surface area contributed by atoms with Gasteiger partial charge in [-0.25, -0.2) is 0 Å². The van der Waals surface area contributed by atoms with Crippen LogP contribution in [0.1, 0.15) is 26.2 Å². The fourth-order valence-electron chi connectivity index (χ4n) is 1.33. The van der Waals surface area contributed by atoms with Crippen molar-refractivity contribution in [1.29, 1.82) is 0 Å². The molecule has 140 valence electrons. The summed E-state index contributed by atoms with van der Waals surface area (Å²) in [6.45, 7) is 1.16. The van der Waals surface area contributed by atoms with E-state index in [2.05, 4.69) is 0 Å². The molecular weight excluding hydrogens is 378 g/mol. The highest BCUT2D eigenvalue weighted by atomic mass is 32.2. The van der Waals surface area contributed by atoms with Gasteiger partial charge in [-0.15, -0.1) is 0 Å². The molecule has 0 aliphatic carbocycles. The summed E-state index contributed by atoms with van der Waals surface area (Å²) in [7, 11) is -7.31. The molecule has 0 bridgehead atoms. The lowest BCUT2D eigenvalue weighted by Gasteiger charge is -2.38. The number of hydrogen-bond donors (Lipinski definition) is 1. The van der Waals surface area contributed by atoms with E-state index in [0.29, 0.717) is 0 Å². The van der Waals surface area contributed by atoms with Gasteiger partial charge in [0, 0.05) is 6.42 Å². The van der Waals surface area contributed by atoms with Crippen LogP contribution in [0.5, 0.6) is 0 Å². The zero-order chi connectivity index (χ0) is 19.1. The maximum absolute atomic E-state index is 13.1. The second-order valence-corrected chi connectivity index (χ2v) is 5.99. The molecule has 0 aliphatic rings. The highest BCUT2D eigenvalue weighted by Gasteiger charge is 2.88. The van der Waals surface area contributed by atoms with Crippen molar-refractivity contribution in [1.82, 2.24) is 0 Å². The first-order valence-corrected chi connectivity index (χ1v) is 7.11. The van der Waals surface area contributed by atoms with Crippen LogP contribution in [0, 0.1) is 0 Å². The van der Waals surface area contributed by atoms with Crippen molar-refractivity contribution in [2.24, 2.45) is 0 Å². The van der Waals surface area contributed by atoms with E-state index in [0.717, 1.165) is 6.92 Å². The molecule has 0 aliphatic heterocycles. The Morgan fingerprint density at radius 2 is 1.17 bits per heavy atom.